The Morgan fingerprint density at radius 1 is 0.470 bits per heavy atom. The van der Waals surface area contributed by atoms with E-state index in [1.165, 1.54) is 32.0 Å². The van der Waals surface area contributed by atoms with Crippen LogP contribution < -0.4 is 31.9 Å². The highest BCUT2D eigenvalue weighted by molar-refractivity contribution is 6.42. The number of rotatable bonds is 30. The molecule has 10 aromatic rings. The van der Waals surface area contributed by atoms with Gasteiger partial charge in [-0.05, 0) is 194 Å². The average Bonchev–Trinajstić information content (AvgIpc) is 1.62. The van der Waals surface area contributed by atoms with Gasteiger partial charge in [-0.3, -0.25) is 19.2 Å². The molecule has 8 N–H and O–H groups in total. The van der Waals surface area contributed by atoms with E-state index in [9.17, 15) is 55.7 Å². The van der Waals surface area contributed by atoms with Crippen molar-refractivity contribution in [3.63, 3.8) is 0 Å². The van der Waals surface area contributed by atoms with Crippen molar-refractivity contribution in [1.82, 2.24) is 29.7 Å². The molecule has 524 valence electrons. The molecular weight excluding hydrogens is 1330 g/mol. The van der Waals surface area contributed by atoms with Gasteiger partial charge in [0, 0.05) is 74.6 Å². The Morgan fingerprint density at radius 3 is 1.21 bits per heavy atom. The fourth-order valence-corrected chi connectivity index (χ4v) is 12.3. The van der Waals surface area contributed by atoms with Crippen molar-refractivity contribution in [3.05, 3.63) is 236 Å². The second-order valence-corrected chi connectivity index (χ2v) is 25.4. The number of ketones is 2. The molecule has 8 aromatic carbocycles. The third-order valence-electron chi connectivity index (χ3n) is 16.9. The summed E-state index contributed by atoms with van der Waals surface area (Å²) in [5.74, 6) is -6.02. The molecule has 0 aliphatic carbocycles. The van der Waals surface area contributed by atoms with Crippen molar-refractivity contribution < 1.29 is 55.7 Å². The van der Waals surface area contributed by atoms with Crippen LogP contribution in [-0.2, 0) is 45.1 Å². The molecule has 2 aromatic heterocycles. The van der Waals surface area contributed by atoms with Crippen LogP contribution in [0.5, 0.6) is 0 Å². The molecule has 0 saturated carbocycles. The number of nitrogens with one attached hydrogen (secondary N) is 2. The summed E-state index contributed by atoms with van der Waals surface area (Å²) in [5, 5.41) is 25.4. The molecule has 0 bridgehead atoms. The standard InChI is InChI=1S/C39H41F4N5O2.C37H37Cl2F2N5O4/c1-4-16-47(17-5-2)29-11-8-27(9-12-29)38-45-36-22-28(10-15-37(36)48(38)23-26-7-14-31(41)33(43)20-26)35(18-24(3)49)46-39(50)34(44)21-25-6-13-30(40)32(42)19-25;1-22(49)16-33(44-37(50)32(42)19-23-2-9-28(38)29(39)17-23)26-6-11-35-34(20-26)43-36(46(35)21-24-3-10-30(40)31(41)18-24)25-4-7-27(8-5-25)45(12-14-47)13-15-48/h6-15,19-20,22,34-35H,4-5,16-18,21,23,44H2,1-3H3,(H,46,50);2-11,17-18,20,32-33,47-48H,12-16,19,21,42H2,1H3,(H,44,50)/t34-,35?;32-,33?/m00/s1. The summed E-state index contributed by atoms with van der Waals surface area (Å²) < 4.78 is 87.0. The Balaban J connectivity index is 0.000000233. The summed E-state index contributed by atoms with van der Waals surface area (Å²) in [6, 6.07) is 38.7. The molecule has 24 heteroatoms. The van der Waals surface area contributed by atoms with Gasteiger partial charge < -0.3 is 51.2 Å². The number of Topliss-reactive ketones (excluding diaryl/α,β-unsaturated/α-hetero) is 2. The summed E-state index contributed by atoms with van der Waals surface area (Å²) in [4.78, 5) is 65.2. The zero-order chi connectivity index (χ0) is 71.9. The first-order valence-corrected chi connectivity index (χ1v) is 33.5. The highest BCUT2D eigenvalue weighted by Crippen LogP contribution is 2.34. The van der Waals surface area contributed by atoms with Gasteiger partial charge in [-0.15, -0.1) is 0 Å². The van der Waals surface area contributed by atoms with Crippen molar-refractivity contribution in [2.45, 2.75) is 103 Å². The lowest BCUT2D eigenvalue weighted by atomic mass is 9.99. The minimum Gasteiger partial charge on any atom is -0.395 e. The number of halogens is 8. The molecule has 16 nitrogen and oxygen atoms in total. The third-order valence-corrected chi connectivity index (χ3v) is 17.6. The van der Waals surface area contributed by atoms with Gasteiger partial charge in [0.25, 0.3) is 0 Å². The maximum atomic E-state index is 14.2. The fourth-order valence-electron chi connectivity index (χ4n) is 12.0. The first kappa shape index (κ1) is 74.8. The smallest absolute Gasteiger partial charge is 0.237 e. The number of benzene rings is 8. The lowest BCUT2D eigenvalue weighted by molar-refractivity contribution is -0.125. The van der Waals surface area contributed by atoms with E-state index in [0.717, 1.165) is 90.4 Å². The van der Waals surface area contributed by atoms with E-state index in [2.05, 4.69) is 41.5 Å². The van der Waals surface area contributed by atoms with Crippen LogP contribution >= 0.6 is 23.2 Å². The monoisotopic (exact) mass is 1410 g/mol. The van der Waals surface area contributed by atoms with Crippen LogP contribution in [0.15, 0.2) is 158 Å². The predicted octanol–water partition coefficient (Wildman–Crippen LogP) is 13.5. The zero-order valence-corrected chi connectivity index (χ0v) is 57.1. The maximum absolute atomic E-state index is 14.2. The number of amides is 2. The molecule has 2 heterocycles. The van der Waals surface area contributed by atoms with Crippen molar-refractivity contribution in [3.8, 4) is 22.8 Å². The van der Waals surface area contributed by atoms with Crippen LogP contribution in [0.1, 0.15) is 98.8 Å². The number of imidazole rings is 2. The summed E-state index contributed by atoms with van der Waals surface area (Å²) >= 11 is 12.1. The van der Waals surface area contributed by atoms with Gasteiger partial charge in [0.1, 0.15) is 23.2 Å². The number of carbonyl (C=O) groups is 4. The molecule has 0 aliphatic heterocycles. The van der Waals surface area contributed by atoms with E-state index >= 15 is 0 Å². The number of fused-ring (bicyclic) bond motifs is 2. The Kier molecular flexibility index (Phi) is 25.9. The SMILES string of the molecule is CC(=O)CC(NC(=O)[C@@H](N)Cc1ccc(Cl)c(Cl)c1)c1ccc2c(c1)nc(-c1ccc(N(CCO)CCO)cc1)n2Cc1ccc(F)c(F)c1.CCCN(CCC)c1ccc(-c2nc3cc(C(CC(C)=O)NC(=O)[C@@H](N)Cc4ccc(F)c(F)c4)ccc3n2Cc2ccc(F)c(F)c2)cc1. The topological polar surface area (TPSA) is 227 Å². The van der Waals surface area contributed by atoms with E-state index in [-0.39, 0.29) is 63.6 Å². The second-order valence-electron chi connectivity index (χ2n) is 24.6. The molecule has 10 rings (SSSR count). The van der Waals surface area contributed by atoms with Crippen LogP contribution in [0, 0.1) is 34.9 Å². The highest BCUT2D eigenvalue weighted by atomic mass is 35.5. The van der Waals surface area contributed by atoms with Crippen LogP contribution in [0.2, 0.25) is 10.0 Å². The van der Waals surface area contributed by atoms with Gasteiger partial charge in [-0.25, -0.2) is 36.3 Å². The molecular formula is C76H78Cl2F6N10O6. The highest BCUT2D eigenvalue weighted by Gasteiger charge is 2.27. The lowest BCUT2D eigenvalue weighted by Gasteiger charge is -2.24. The Hall–Kier alpha value is -9.42. The summed E-state index contributed by atoms with van der Waals surface area (Å²) in [5.41, 5.74) is 21.7. The lowest BCUT2D eigenvalue weighted by Crippen LogP contribution is -2.43. The number of aliphatic hydroxyl groups excluding tert-OH is 2. The second kappa shape index (κ2) is 34.6. The molecule has 2 amide bonds. The van der Waals surface area contributed by atoms with E-state index < -0.39 is 70.9 Å². The first-order chi connectivity index (χ1) is 47.9. The molecule has 0 fully saturated rings. The van der Waals surface area contributed by atoms with Gasteiger partial charge in [-0.1, -0.05) is 73.4 Å². The molecule has 0 aliphatic rings. The van der Waals surface area contributed by atoms with E-state index in [0.29, 0.717) is 84.7 Å². The fraction of sp³-hybridized carbons (Fsp3) is 0.289. The number of hydrogen-bond acceptors (Lipinski definition) is 12. The van der Waals surface area contributed by atoms with Gasteiger partial charge in [0.15, 0.2) is 34.9 Å². The van der Waals surface area contributed by atoms with Gasteiger partial charge in [-0.2, -0.15) is 0 Å². The van der Waals surface area contributed by atoms with Crippen LogP contribution in [-0.4, -0.2) is 104 Å². The van der Waals surface area contributed by atoms with Crippen LogP contribution in [0.25, 0.3) is 44.8 Å². The quantitative estimate of drug-likeness (QED) is 0.0231. The molecule has 0 spiro atoms. The van der Waals surface area contributed by atoms with Crippen LogP contribution in [0.3, 0.4) is 0 Å². The maximum Gasteiger partial charge on any atom is 0.237 e. The van der Waals surface area contributed by atoms with Crippen molar-refractivity contribution in [2.24, 2.45) is 11.5 Å². The molecule has 0 radical (unpaired) electrons. The van der Waals surface area contributed by atoms with E-state index in [1.54, 1.807) is 42.5 Å². The normalized spacial score (nSPS) is 12.6. The summed E-state index contributed by atoms with van der Waals surface area (Å²) in [6.07, 6.45) is 2.17. The minimum absolute atomic E-state index is 0.0127. The molecule has 4 atom stereocenters. The van der Waals surface area contributed by atoms with Crippen molar-refractivity contribution in [2.75, 3.05) is 49.2 Å². The number of carbonyl (C=O) groups excluding carboxylic acids is 4. The first-order valence-electron chi connectivity index (χ1n) is 32.7. The Morgan fingerprint density at radius 2 is 0.840 bits per heavy atom. The number of nitrogens with two attached hydrogens (primary N) is 2. The van der Waals surface area contributed by atoms with Gasteiger partial charge in [0.2, 0.25) is 11.8 Å². The average molecular weight is 1410 g/mol. The zero-order valence-electron chi connectivity index (χ0n) is 55.6. The van der Waals surface area contributed by atoms with Crippen molar-refractivity contribution >= 4 is 80.0 Å². The third kappa shape index (κ3) is 19.1. The number of hydrogen-bond donors (Lipinski definition) is 6. The Bertz CT molecular complexity index is 4240. The van der Waals surface area contributed by atoms with E-state index in [4.69, 9.17) is 44.6 Å². The molecule has 2 unspecified atom stereocenters. The molecule has 0 saturated heterocycles. The van der Waals surface area contributed by atoms with Crippen LogP contribution in [0.4, 0.5) is 37.7 Å². The van der Waals surface area contributed by atoms with Gasteiger partial charge in [0.05, 0.1) is 69.5 Å². The number of aliphatic hydroxyl groups is 2. The number of nitrogens with zero attached hydrogens (tertiary/aromatic N) is 6. The summed E-state index contributed by atoms with van der Waals surface area (Å²) in [7, 11) is 0. The molecule has 100 heavy (non-hydrogen) atoms. The van der Waals surface area contributed by atoms with E-state index in [1.807, 2.05) is 62.6 Å². The largest absolute Gasteiger partial charge is 0.395 e. The van der Waals surface area contributed by atoms with Crippen molar-refractivity contribution in [1.29, 1.82) is 0 Å². The predicted molar refractivity (Wildman–Crippen MR) is 379 cm³/mol. The number of aromatic nitrogens is 4. The Labute approximate surface area is 585 Å². The summed E-state index contributed by atoms with van der Waals surface area (Å²) in [6.45, 7) is 9.89. The number of anilines is 2. The minimum atomic E-state index is -1.09. The van der Waals surface area contributed by atoms with Gasteiger partial charge >= 0.3 is 0 Å².